The summed E-state index contributed by atoms with van der Waals surface area (Å²) in [5.41, 5.74) is 4.07. The lowest BCUT2D eigenvalue weighted by molar-refractivity contribution is 0.234. The molecule has 0 saturated heterocycles. The highest BCUT2D eigenvalue weighted by Crippen LogP contribution is 2.19. The summed E-state index contributed by atoms with van der Waals surface area (Å²) < 4.78 is 2.34. The number of unbranched alkanes of at least 4 members (excludes halogenated alkanes) is 2. The maximum absolute atomic E-state index is 8.84. The standard InChI is InChI=1S/C19H27N3O/c23-14-6-2-5-11-21-12-10-19-18(15-21)20-16-22(19)13-9-17-7-3-1-4-8-17/h1,3-4,7-8,16,23H,2,5-6,9-15H2. The normalized spacial score (nSPS) is 14.8. The molecule has 0 amide bonds. The molecule has 0 fully saturated rings. The van der Waals surface area contributed by atoms with Crippen molar-refractivity contribution < 1.29 is 5.11 Å². The van der Waals surface area contributed by atoms with Gasteiger partial charge in [0.2, 0.25) is 0 Å². The van der Waals surface area contributed by atoms with Gasteiger partial charge in [-0.15, -0.1) is 0 Å². The first kappa shape index (κ1) is 16.2. The number of fused-ring (bicyclic) bond motifs is 1. The molecule has 0 radical (unpaired) electrons. The van der Waals surface area contributed by atoms with Crippen molar-refractivity contribution >= 4 is 0 Å². The van der Waals surface area contributed by atoms with Gasteiger partial charge in [0.1, 0.15) is 0 Å². The third kappa shape index (κ3) is 4.43. The summed E-state index contributed by atoms with van der Waals surface area (Å²) in [6.07, 6.45) is 7.39. The molecular weight excluding hydrogens is 286 g/mol. The zero-order valence-corrected chi connectivity index (χ0v) is 13.8. The molecule has 1 aromatic carbocycles. The predicted octanol–water partition coefficient (Wildman–Crippen LogP) is 2.65. The van der Waals surface area contributed by atoms with Gasteiger partial charge >= 0.3 is 0 Å². The van der Waals surface area contributed by atoms with Gasteiger partial charge in [0.25, 0.3) is 0 Å². The van der Waals surface area contributed by atoms with Gasteiger partial charge in [0.05, 0.1) is 12.0 Å². The molecule has 1 aliphatic rings. The molecule has 0 unspecified atom stereocenters. The quantitative estimate of drug-likeness (QED) is 0.762. The van der Waals surface area contributed by atoms with Gasteiger partial charge in [-0.25, -0.2) is 4.98 Å². The minimum Gasteiger partial charge on any atom is -0.396 e. The number of nitrogens with zero attached hydrogens (tertiary/aromatic N) is 3. The summed E-state index contributed by atoms with van der Waals surface area (Å²) in [7, 11) is 0. The smallest absolute Gasteiger partial charge is 0.0952 e. The molecule has 0 aliphatic carbocycles. The van der Waals surface area contributed by atoms with Gasteiger partial charge in [0.15, 0.2) is 0 Å². The SMILES string of the molecule is OCCCCCN1CCc2c(ncn2CCc2ccccc2)C1. The van der Waals surface area contributed by atoms with Crippen molar-refractivity contribution in [1.82, 2.24) is 14.5 Å². The van der Waals surface area contributed by atoms with E-state index in [1.807, 2.05) is 6.33 Å². The summed E-state index contributed by atoms with van der Waals surface area (Å²) in [5, 5.41) is 8.84. The minimum absolute atomic E-state index is 0.315. The first-order valence-corrected chi connectivity index (χ1v) is 8.77. The molecule has 2 heterocycles. The molecule has 0 saturated carbocycles. The topological polar surface area (TPSA) is 41.3 Å². The molecule has 0 atom stereocenters. The van der Waals surface area contributed by atoms with Crippen molar-refractivity contribution in [3.05, 3.63) is 53.6 Å². The lowest BCUT2D eigenvalue weighted by atomic mass is 10.1. The number of aliphatic hydroxyl groups excluding tert-OH is 1. The van der Waals surface area contributed by atoms with Crippen LogP contribution in [0.15, 0.2) is 36.7 Å². The highest BCUT2D eigenvalue weighted by Gasteiger charge is 2.20. The number of imidazole rings is 1. The Labute approximate surface area is 138 Å². The molecule has 124 valence electrons. The first-order chi connectivity index (χ1) is 11.4. The van der Waals surface area contributed by atoms with Crippen LogP contribution in [0.3, 0.4) is 0 Å². The summed E-state index contributed by atoms with van der Waals surface area (Å²) in [5.74, 6) is 0. The predicted molar refractivity (Wildman–Crippen MR) is 92.3 cm³/mol. The van der Waals surface area contributed by atoms with E-state index >= 15 is 0 Å². The van der Waals surface area contributed by atoms with Crippen LogP contribution < -0.4 is 0 Å². The van der Waals surface area contributed by atoms with Crippen molar-refractivity contribution in [1.29, 1.82) is 0 Å². The molecule has 1 aromatic heterocycles. The maximum atomic E-state index is 8.84. The lowest BCUT2D eigenvalue weighted by Crippen LogP contribution is -2.32. The molecule has 0 bridgehead atoms. The second-order valence-electron chi connectivity index (χ2n) is 6.38. The van der Waals surface area contributed by atoms with Crippen LogP contribution in [0.25, 0.3) is 0 Å². The zero-order chi connectivity index (χ0) is 15.9. The van der Waals surface area contributed by atoms with Gasteiger partial charge in [-0.2, -0.15) is 0 Å². The summed E-state index contributed by atoms with van der Waals surface area (Å²) in [4.78, 5) is 7.14. The first-order valence-electron chi connectivity index (χ1n) is 8.77. The zero-order valence-electron chi connectivity index (χ0n) is 13.8. The Hall–Kier alpha value is -1.65. The third-order valence-corrected chi connectivity index (χ3v) is 4.69. The minimum atomic E-state index is 0.315. The molecular formula is C19H27N3O. The van der Waals surface area contributed by atoms with E-state index in [1.165, 1.54) is 23.4 Å². The number of hydrogen-bond acceptors (Lipinski definition) is 3. The Morgan fingerprint density at radius 2 is 1.91 bits per heavy atom. The van der Waals surface area contributed by atoms with Crippen LogP contribution in [0.1, 0.15) is 36.2 Å². The van der Waals surface area contributed by atoms with Crippen molar-refractivity contribution in [2.45, 2.75) is 45.2 Å². The molecule has 4 heteroatoms. The Balaban J connectivity index is 1.51. The number of aromatic nitrogens is 2. The van der Waals surface area contributed by atoms with Crippen LogP contribution in [-0.4, -0.2) is 39.3 Å². The summed E-state index contributed by atoms with van der Waals surface area (Å²) in [6.45, 7) is 4.56. The monoisotopic (exact) mass is 313 g/mol. The third-order valence-electron chi connectivity index (χ3n) is 4.69. The molecule has 4 nitrogen and oxygen atoms in total. The largest absolute Gasteiger partial charge is 0.396 e. The van der Waals surface area contributed by atoms with Crippen LogP contribution in [0, 0.1) is 0 Å². The van der Waals surface area contributed by atoms with Gasteiger partial charge in [-0.05, 0) is 37.8 Å². The van der Waals surface area contributed by atoms with Crippen molar-refractivity contribution in [2.24, 2.45) is 0 Å². The molecule has 23 heavy (non-hydrogen) atoms. The highest BCUT2D eigenvalue weighted by molar-refractivity contribution is 5.18. The van der Waals surface area contributed by atoms with Crippen LogP contribution in [0.5, 0.6) is 0 Å². The van der Waals surface area contributed by atoms with E-state index < -0.39 is 0 Å². The average Bonchev–Trinajstić information content (AvgIpc) is 3.00. The van der Waals surface area contributed by atoms with Crippen molar-refractivity contribution in [3.63, 3.8) is 0 Å². The van der Waals surface area contributed by atoms with Crippen molar-refractivity contribution in [3.8, 4) is 0 Å². The van der Waals surface area contributed by atoms with Gasteiger partial charge in [-0.1, -0.05) is 30.3 Å². The Kier molecular flexibility index (Phi) is 5.83. The summed E-state index contributed by atoms with van der Waals surface area (Å²) >= 11 is 0. The average molecular weight is 313 g/mol. The van der Waals surface area contributed by atoms with E-state index in [2.05, 4.69) is 44.8 Å². The van der Waals surface area contributed by atoms with E-state index in [4.69, 9.17) is 5.11 Å². The fourth-order valence-corrected chi connectivity index (χ4v) is 3.33. The van der Waals surface area contributed by atoms with E-state index in [-0.39, 0.29) is 0 Å². The number of rotatable bonds is 8. The number of aliphatic hydroxyl groups is 1. The Bertz CT molecular complexity index is 594. The van der Waals surface area contributed by atoms with E-state index in [0.29, 0.717) is 6.61 Å². The van der Waals surface area contributed by atoms with E-state index in [1.54, 1.807) is 0 Å². The number of hydrogen-bond donors (Lipinski definition) is 1. The summed E-state index contributed by atoms with van der Waals surface area (Å²) in [6, 6.07) is 10.7. The molecule has 3 rings (SSSR count). The second-order valence-corrected chi connectivity index (χ2v) is 6.38. The fraction of sp³-hybridized carbons (Fsp3) is 0.526. The fourth-order valence-electron chi connectivity index (χ4n) is 3.33. The molecule has 1 N–H and O–H groups in total. The number of aryl methyl sites for hydroxylation is 2. The van der Waals surface area contributed by atoms with Crippen LogP contribution >= 0.6 is 0 Å². The van der Waals surface area contributed by atoms with Gasteiger partial charge in [0, 0.05) is 38.4 Å². The lowest BCUT2D eigenvalue weighted by Gasteiger charge is -2.27. The second kappa shape index (κ2) is 8.27. The van der Waals surface area contributed by atoms with Crippen LogP contribution in [-0.2, 0) is 25.9 Å². The number of benzene rings is 1. The van der Waals surface area contributed by atoms with Gasteiger partial charge < -0.3 is 9.67 Å². The van der Waals surface area contributed by atoms with Crippen LogP contribution in [0.4, 0.5) is 0 Å². The molecule has 0 spiro atoms. The Morgan fingerprint density at radius 1 is 1.04 bits per heavy atom. The highest BCUT2D eigenvalue weighted by atomic mass is 16.2. The molecule has 1 aliphatic heterocycles. The van der Waals surface area contributed by atoms with Crippen molar-refractivity contribution in [2.75, 3.05) is 19.7 Å². The van der Waals surface area contributed by atoms with E-state index in [0.717, 1.165) is 51.9 Å². The van der Waals surface area contributed by atoms with Gasteiger partial charge in [-0.3, -0.25) is 4.90 Å². The molecule has 2 aromatic rings. The van der Waals surface area contributed by atoms with E-state index in [9.17, 15) is 0 Å². The maximum Gasteiger partial charge on any atom is 0.0952 e. The van der Waals surface area contributed by atoms with Crippen LogP contribution in [0.2, 0.25) is 0 Å². The Morgan fingerprint density at radius 3 is 2.74 bits per heavy atom.